The van der Waals surface area contributed by atoms with Crippen LogP contribution in [-0.4, -0.2) is 22.9 Å². The molecule has 1 heterocycles. The van der Waals surface area contributed by atoms with Crippen molar-refractivity contribution < 1.29 is 0 Å². The molecule has 106 valence electrons. The third kappa shape index (κ3) is 3.59. The highest BCUT2D eigenvalue weighted by Gasteiger charge is 2.05. The molecule has 2 aromatic rings. The minimum absolute atomic E-state index is 0.177. The van der Waals surface area contributed by atoms with Crippen molar-refractivity contribution in [1.82, 2.24) is 9.78 Å². The van der Waals surface area contributed by atoms with Gasteiger partial charge in [-0.1, -0.05) is 23.7 Å². The molecule has 0 radical (unpaired) electrons. The number of halogens is 1. The molecule has 0 saturated heterocycles. The Bertz CT molecular complexity index is 654. The van der Waals surface area contributed by atoms with E-state index in [1.165, 1.54) is 10.7 Å². The quantitative estimate of drug-likeness (QED) is 0.878. The number of nitrogens with one attached hydrogen (secondary N) is 1. The molecule has 5 nitrogen and oxygen atoms in total. The van der Waals surface area contributed by atoms with Crippen molar-refractivity contribution in [2.75, 3.05) is 18.4 Å². The molecule has 0 atom stereocenters. The summed E-state index contributed by atoms with van der Waals surface area (Å²) >= 11 is 6.16. The van der Waals surface area contributed by atoms with Crippen molar-refractivity contribution in [3.63, 3.8) is 0 Å². The van der Waals surface area contributed by atoms with Crippen LogP contribution < -0.4 is 16.6 Å². The number of aromatic nitrogens is 2. The molecule has 0 aliphatic rings. The summed E-state index contributed by atoms with van der Waals surface area (Å²) < 4.78 is 1.38. The lowest BCUT2D eigenvalue weighted by atomic mass is 10.1. The number of hydrogen-bond acceptors (Lipinski definition) is 4. The Hall–Kier alpha value is -1.85. The predicted octanol–water partition coefficient (Wildman–Crippen LogP) is 1.62. The van der Waals surface area contributed by atoms with Crippen LogP contribution in [0.25, 0.3) is 0 Å². The Labute approximate surface area is 122 Å². The Morgan fingerprint density at radius 3 is 2.85 bits per heavy atom. The van der Waals surface area contributed by atoms with Crippen molar-refractivity contribution in [3.05, 3.63) is 57.0 Å². The van der Waals surface area contributed by atoms with Gasteiger partial charge >= 0.3 is 0 Å². The third-order valence-corrected chi connectivity index (χ3v) is 3.22. The molecule has 3 N–H and O–H groups in total. The second kappa shape index (κ2) is 6.54. The van der Waals surface area contributed by atoms with Crippen LogP contribution in [0.3, 0.4) is 0 Å². The second-order valence-electron chi connectivity index (χ2n) is 4.55. The van der Waals surface area contributed by atoms with E-state index in [-0.39, 0.29) is 5.56 Å². The molecule has 2 rings (SSSR count). The highest BCUT2D eigenvalue weighted by Crippen LogP contribution is 2.17. The number of aryl methyl sites for hydroxylation is 1. The summed E-state index contributed by atoms with van der Waals surface area (Å²) in [4.78, 5) is 12.0. The molecule has 0 amide bonds. The summed E-state index contributed by atoms with van der Waals surface area (Å²) in [6.07, 6.45) is 1.61. The van der Waals surface area contributed by atoms with E-state index in [2.05, 4.69) is 10.4 Å². The zero-order valence-corrected chi connectivity index (χ0v) is 12.0. The van der Waals surface area contributed by atoms with Crippen molar-refractivity contribution in [1.29, 1.82) is 0 Å². The highest BCUT2D eigenvalue weighted by molar-refractivity contribution is 6.31. The van der Waals surface area contributed by atoms with Gasteiger partial charge in [-0.3, -0.25) is 4.79 Å². The molecule has 0 bridgehead atoms. The number of hydrogen-bond donors (Lipinski definition) is 2. The van der Waals surface area contributed by atoms with Gasteiger partial charge in [0.2, 0.25) is 0 Å². The van der Waals surface area contributed by atoms with E-state index >= 15 is 0 Å². The maximum Gasteiger partial charge on any atom is 0.269 e. The Morgan fingerprint density at radius 2 is 2.20 bits per heavy atom. The van der Waals surface area contributed by atoms with Crippen LogP contribution in [0.2, 0.25) is 5.02 Å². The van der Waals surface area contributed by atoms with Crippen LogP contribution >= 0.6 is 11.6 Å². The molecular weight excluding hydrogens is 276 g/mol. The Balaban J connectivity index is 2.19. The van der Waals surface area contributed by atoms with Crippen molar-refractivity contribution >= 4 is 17.3 Å². The van der Waals surface area contributed by atoms with Gasteiger partial charge in [-0.2, -0.15) is 5.10 Å². The van der Waals surface area contributed by atoms with Gasteiger partial charge in [-0.15, -0.1) is 0 Å². The fourth-order valence-corrected chi connectivity index (χ4v) is 2.10. The van der Waals surface area contributed by atoms with Gasteiger partial charge in [-0.25, -0.2) is 4.68 Å². The van der Waals surface area contributed by atoms with E-state index in [0.29, 0.717) is 30.3 Å². The summed E-state index contributed by atoms with van der Waals surface area (Å²) in [6.45, 7) is 3.43. The van der Waals surface area contributed by atoms with Crippen LogP contribution in [0.15, 0.2) is 35.3 Å². The number of anilines is 1. The van der Waals surface area contributed by atoms with Crippen molar-refractivity contribution in [2.24, 2.45) is 5.73 Å². The molecule has 6 heteroatoms. The summed E-state index contributed by atoms with van der Waals surface area (Å²) in [5.41, 5.74) is 7.84. The van der Waals surface area contributed by atoms with Gasteiger partial charge in [0.15, 0.2) is 0 Å². The molecule has 20 heavy (non-hydrogen) atoms. The predicted molar refractivity (Wildman–Crippen MR) is 81.3 cm³/mol. The number of benzene rings is 1. The van der Waals surface area contributed by atoms with Gasteiger partial charge < -0.3 is 11.1 Å². The van der Waals surface area contributed by atoms with E-state index in [1.54, 1.807) is 6.20 Å². The first kappa shape index (κ1) is 14.6. The average Bonchev–Trinajstić information content (AvgIpc) is 2.42. The van der Waals surface area contributed by atoms with Gasteiger partial charge in [-0.05, 0) is 24.1 Å². The Morgan fingerprint density at radius 1 is 1.40 bits per heavy atom. The minimum Gasteiger partial charge on any atom is -0.382 e. The standard InChI is InChI=1S/C14H17ClN4O/c1-10-2-3-11(13(15)6-10)9-19-14(20)7-12(8-18-19)17-5-4-16/h2-3,6-8,17H,4-5,9,16H2,1H3. The summed E-state index contributed by atoms with van der Waals surface area (Å²) in [5.74, 6) is 0. The van der Waals surface area contributed by atoms with Crippen LogP contribution in [-0.2, 0) is 6.54 Å². The number of nitrogens with zero attached hydrogens (tertiary/aromatic N) is 2. The van der Waals surface area contributed by atoms with Crippen molar-refractivity contribution in [3.8, 4) is 0 Å². The van der Waals surface area contributed by atoms with Crippen molar-refractivity contribution in [2.45, 2.75) is 13.5 Å². The zero-order chi connectivity index (χ0) is 14.5. The van der Waals surface area contributed by atoms with Crippen LogP contribution in [0.1, 0.15) is 11.1 Å². The zero-order valence-electron chi connectivity index (χ0n) is 11.3. The summed E-state index contributed by atoms with van der Waals surface area (Å²) in [6, 6.07) is 7.25. The largest absolute Gasteiger partial charge is 0.382 e. The van der Waals surface area contributed by atoms with Crippen LogP contribution in [0.5, 0.6) is 0 Å². The van der Waals surface area contributed by atoms with E-state index in [9.17, 15) is 4.79 Å². The first-order valence-corrected chi connectivity index (χ1v) is 6.74. The third-order valence-electron chi connectivity index (χ3n) is 2.87. The topological polar surface area (TPSA) is 72.9 Å². The van der Waals surface area contributed by atoms with Gasteiger partial charge in [0.05, 0.1) is 18.4 Å². The lowest BCUT2D eigenvalue weighted by Crippen LogP contribution is -2.24. The van der Waals surface area contributed by atoms with Gasteiger partial charge in [0.25, 0.3) is 5.56 Å². The van der Waals surface area contributed by atoms with Gasteiger partial charge in [0, 0.05) is 24.2 Å². The monoisotopic (exact) mass is 292 g/mol. The number of nitrogens with two attached hydrogens (primary N) is 1. The molecular formula is C14H17ClN4O. The normalized spacial score (nSPS) is 10.6. The summed E-state index contributed by atoms with van der Waals surface area (Å²) in [7, 11) is 0. The van der Waals surface area contributed by atoms with Crippen LogP contribution in [0, 0.1) is 6.92 Å². The lowest BCUT2D eigenvalue weighted by Gasteiger charge is -2.09. The highest BCUT2D eigenvalue weighted by atomic mass is 35.5. The SMILES string of the molecule is Cc1ccc(Cn2ncc(NCCN)cc2=O)c(Cl)c1. The molecule has 1 aromatic carbocycles. The van der Waals surface area contributed by atoms with Crippen LogP contribution in [0.4, 0.5) is 5.69 Å². The molecule has 0 spiro atoms. The molecule has 1 aromatic heterocycles. The number of rotatable bonds is 5. The smallest absolute Gasteiger partial charge is 0.269 e. The molecule has 0 saturated carbocycles. The minimum atomic E-state index is -0.177. The first-order valence-electron chi connectivity index (χ1n) is 6.36. The molecule has 0 unspecified atom stereocenters. The molecule has 0 aliphatic carbocycles. The maximum atomic E-state index is 12.0. The Kier molecular flexibility index (Phi) is 4.76. The van der Waals surface area contributed by atoms with E-state index in [0.717, 1.165) is 11.1 Å². The van der Waals surface area contributed by atoms with Gasteiger partial charge in [0.1, 0.15) is 0 Å². The van der Waals surface area contributed by atoms with E-state index in [1.807, 2.05) is 25.1 Å². The average molecular weight is 293 g/mol. The lowest BCUT2D eigenvalue weighted by molar-refractivity contribution is 0.639. The molecule has 0 fully saturated rings. The van der Waals surface area contributed by atoms with E-state index < -0.39 is 0 Å². The van der Waals surface area contributed by atoms with E-state index in [4.69, 9.17) is 17.3 Å². The first-order chi connectivity index (χ1) is 9.60. The summed E-state index contributed by atoms with van der Waals surface area (Å²) in [5, 5.41) is 7.79. The fraction of sp³-hybridized carbons (Fsp3) is 0.286. The fourth-order valence-electron chi connectivity index (χ4n) is 1.81. The molecule has 0 aliphatic heterocycles. The second-order valence-corrected chi connectivity index (χ2v) is 4.96. The maximum absolute atomic E-state index is 12.0.